The van der Waals surface area contributed by atoms with Gasteiger partial charge in [0.2, 0.25) is 5.91 Å². The van der Waals surface area contributed by atoms with Gasteiger partial charge >= 0.3 is 6.03 Å². The Morgan fingerprint density at radius 3 is 2.32 bits per heavy atom. The minimum absolute atomic E-state index is 0.0350. The lowest BCUT2D eigenvalue weighted by molar-refractivity contribution is -0.129. The summed E-state index contributed by atoms with van der Waals surface area (Å²) in [4.78, 5) is 27.1. The lowest BCUT2D eigenvalue weighted by atomic mass is 9.96. The first kappa shape index (κ1) is 15.8. The van der Waals surface area contributed by atoms with Crippen LogP contribution in [-0.4, -0.2) is 55.0 Å². The van der Waals surface area contributed by atoms with E-state index in [9.17, 15) is 9.59 Å². The van der Waals surface area contributed by atoms with E-state index in [-0.39, 0.29) is 24.5 Å². The van der Waals surface area contributed by atoms with Crippen LogP contribution in [0.25, 0.3) is 0 Å². The molecule has 5 nitrogen and oxygen atoms in total. The maximum atomic E-state index is 12.2. The topological polar surface area (TPSA) is 52.7 Å². The van der Waals surface area contributed by atoms with Crippen LogP contribution in [0.4, 0.5) is 4.79 Å². The molecule has 1 aliphatic carbocycles. The highest BCUT2D eigenvalue weighted by Gasteiger charge is 2.21. The molecule has 0 radical (unpaired) electrons. The molecule has 0 aliphatic heterocycles. The Balaban J connectivity index is 2.49. The molecule has 1 saturated carbocycles. The van der Waals surface area contributed by atoms with Crippen molar-refractivity contribution in [2.24, 2.45) is 0 Å². The van der Waals surface area contributed by atoms with Gasteiger partial charge in [0.15, 0.2) is 0 Å². The third kappa shape index (κ3) is 5.49. The fourth-order valence-electron chi connectivity index (χ4n) is 2.34. The summed E-state index contributed by atoms with van der Waals surface area (Å²) < 4.78 is 0. The van der Waals surface area contributed by atoms with Gasteiger partial charge in [-0.25, -0.2) is 4.79 Å². The van der Waals surface area contributed by atoms with Crippen molar-refractivity contribution >= 4 is 11.9 Å². The van der Waals surface area contributed by atoms with E-state index in [1.165, 1.54) is 24.2 Å². The highest BCUT2D eigenvalue weighted by molar-refractivity contribution is 5.83. The molecule has 19 heavy (non-hydrogen) atoms. The SMILES string of the molecule is CCCN(CC(=O)N(C)C)C(=O)NC1CCCCC1. The molecule has 0 aromatic rings. The summed E-state index contributed by atoms with van der Waals surface area (Å²) in [5.41, 5.74) is 0. The molecule has 5 heteroatoms. The first-order valence-corrected chi connectivity index (χ1v) is 7.30. The second-order valence-electron chi connectivity index (χ2n) is 5.49. The third-order valence-electron chi connectivity index (χ3n) is 3.54. The minimum atomic E-state index is -0.0936. The van der Waals surface area contributed by atoms with Gasteiger partial charge in [0.1, 0.15) is 6.54 Å². The zero-order valence-corrected chi connectivity index (χ0v) is 12.4. The van der Waals surface area contributed by atoms with Gasteiger partial charge in [-0.05, 0) is 19.3 Å². The normalized spacial score (nSPS) is 15.9. The number of nitrogens with one attached hydrogen (secondary N) is 1. The number of hydrogen-bond acceptors (Lipinski definition) is 2. The molecule has 0 atom stereocenters. The zero-order chi connectivity index (χ0) is 14.3. The molecule has 0 saturated heterocycles. The van der Waals surface area contributed by atoms with Crippen molar-refractivity contribution in [1.82, 2.24) is 15.1 Å². The number of carbonyl (C=O) groups is 2. The Morgan fingerprint density at radius 1 is 1.16 bits per heavy atom. The molecule has 1 fully saturated rings. The highest BCUT2D eigenvalue weighted by Crippen LogP contribution is 2.17. The second kappa shape index (κ2) is 8.02. The lowest BCUT2D eigenvalue weighted by Gasteiger charge is -2.28. The van der Waals surface area contributed by atoms with Gasteiger partial charge in [-0.3, -0.25) is 4.79 Å². The number of amides is 3. The van der Waals surface area contributed by atoms with Crippen LogP contribution >= 0.6 is 0 Å². The molecule has 0 aromatic heterocycles. The summed E-state index contributed by atoms with van der Waals surface area (Å²) in [5.74, 6) is -0.0350. The van der Waals surface area contributed by atoms with E-state index in [0.717, 1.165) is 19.3 Å². The van der Waals surface area contributed by atoms with Crippen LogP contribution in [0.15, 0.2) is 0 Å². The van der Waals surface area contributed by atoms with E-state index in [0.29, 0.717) is 6.54 Å². The third-order valence-corrected chi connectivity index (χ3v) is 3.54. The number of likely N-dealkylation sites (N-methyl/N-ethyl adjacent to an activating group) is 1. The molecule has 0 bridgehead atoms. The number of carbonyl (C=O) groups excluding carboxylic acids is 2. The Hall–Kier alpha value is -1.26. The molecule has 1 rings (SSSR count). The number of urea groups is 1. The van der Waals surface area contributed by atoms with Crippen molar-refractivity contribution in [3.8, 4) is 0 Å². The van der Waals surface area contributed by atoms with Crippen molar-refractivity contribution in [1.29, 1.82) is 0 Å². The van der Waals surface area contributed by atoms with Crippen LogP contribution in [0, 0.1) is 0 Å². The van der Waals surface area contributed by atoms with Crippen LogP contribution in [-0.2, 0) is 4.79 Å². The van der Waals surface area contributed by atoms with Crippen LogP contribution in [0.1, 0.15) is 45.4 Å². The van der Waals surface area contributed by atoms with Gasteiger partial charge < -0.3 is 15.1 Å². The minimum Gasteiger partial charge on any atom is -0.347 e. The molecule has 0 aromatic carbocycles. The molecule has 0 spiro atoms. The largest absolute Gasteiger partial charge is 0.347 e. The summed E-state index contributed by atoms with van der Waals surface area (Å²) in [7, 11) is 3.43. The van der Waals surface area contributed by atoms with E-state index >= 15 is 0 Å². The standard InChI is InChI=1S/C14H27N3O2/c1-4-10-17(11-13(18)16(2)3)14(19)15-12-8-6-5-7-9-12/h12H,4-11H2,1-3H3,(H,15,19). The monoisotopic (exact) mass is 269 g/mol. The van der Waals surface area contributed by atoms with Gasteiger partial charge in [0.25, 0.3) is 0 Å². The average Bonchev–Trinajstić information content (AvgIpc) is 2.39. The maximum absolute atomic E-state index is 12.2. The Labute approximate surface area is 116 Å². The van der Waals surface area contributed by atoms with E-state index in [1.54, 1.807) is 19.0 Å². The second-order valence-corrected chi connectivity index (χ2v) is 5.49. The van der Waals surface area contributed by atoms with Crippen molar-refractivity contribution in [3.05, 3.63) is 0 Å². The lowest BCUT2D eigenvalue weighted by Crippen LogP contribution is -2.49. The summed E-state index contributed by atoms with van der Waals surface area (Å²) in [6.07, 6.45) is 6.63. The Morgan fingerprint density at radius 2 is 1.79 bits per heavy atom. The van der Waals surface area contributed by atoms with E-state index in [2.05, 4.69) is 5.32 Å². The van der Waals surface area contributed by atoms with E-state index in [4.69, 9.17) is 0 Å². The van der Waals surface area contributed by atoms with Crippen LogP contribution < -0.4 is 5.32 Å². The van der Waals surface area contributed by atoms with Gasteiger partial charge in [-0.1, -0.05) is 26.2 Å². The molecule has 1 aliphatic rings. The summed E-state index contributed by atoms with van der Waals surface area (Å²) >= 11 is 0. The quantitative estimate of drug-likeness (QED) is 0.828. The smallest absolute Gasteiger partial charge is 0.318 e. The predicted molar refractivity (Wildman–Crippen MR) is 76.0 cm³/mol. The van der Waals surface area contributed by atoms with Gasteiger partial charge in [-0.2, -0.15) is 0 Å². The average molecular weight is 269 g/mol. The Bertz CT molecular complexity index is 299. The summed E-state index contributed by atoms with van der Waals surface area (Å²) in [6, 6.07) is 0.194. The van der Waals surface area contributed by atoms with Crippen molar-refractivity contribution < 1.29 is 9.59 Å². The number of rotatable bonds is 5. The van der Waals surface area contributed by atoms with Crippen molar-refractivity contribution in [2.75, 3.05) is 27.2 Å². The highest BCUT2D eigenvalue weighted by atomic mass is 16.2. The van der Waals surface area contributed by atoms with Gasteiger partial charge in [0, 0.05) is 26.7 Å². The van der Waals surface area contributed by atoms with Crippen molar-refractivity contribution in [3.63, 3.8) is 0 Å². The molecular weight excluding hydrogens is 242 g/mol. The fraction of sp³-hybridized carbons (Fsp3) is 0.857. The Kier molecular flexibility index (Phi) is 6.67. The summed E-state index contributed by atoms with van der Waals surface area (Å²) in [6.45, 7) is 2.80. The number of nitrogens with zero attached hydrogens (tertiary/aromatic N) is 2. The first-order chi connectivity index (χ1) is 9.04. The molecule has 110 valence electrons. The number of hydrogen-bond donors (Lipinski definition) is 1. The first-order valence-electron chi connectivity index (χ1n) is 7.30. The molecule has 1 N–H and O–H groups in total. The van der Waals surface area contributed by atoms with E-state index in [1.807, 2.05) is 6.92 Å². The van der Waals surface area contributed by atoms with Crippen LogP contribution in [0.2, 0.25) is 0 Å². The van der Waals surface area contributed by atoms with Crippen molar-refractivity contribution in [2.45, 2.75) is 51.5 Å². The molecule has 0 unspecified atom stereocenters. The summed E-state index contributed by atoms with van der Waals surface area (Å²) in [5, 5.41) is 3.06. The maximum Gasteiger partial charge on any atom is 0.318 e. The van der Waals surface area contributed by atoms with Crippen LogP contribution in [0.5, 0.6) is 0 Å². The predicted octanol–water partition coefficient (Wildman–Crippen LogP) is 1.83. The fourth-order valence-corrected chi connectivity index (χ4v) is 2.34. The van der Waals surface area contributed by atoms with E-state index < -0.39 is 0 Å². The molecule has 0 heterocycles. The van der Waals surface area contributed by atoms with Gasteiger partial charge in [0.05, 0.1) is 0 Å². The zero-order valence-electron chi connectivity index (χ0n) is 12.4. The molecule has 3 amide bonds. The van der Waals surface area contributed by atoms with Gasteiger partial charge in [-0.15, -0.1) is 0 Å². The van der Waals surface area contributed by atoms with Crippen LogP contribution in [0.3, 0.4) is 0 Å². The molecular formula is C14H27N3O2.